The van der Waals surface area contributed by atoms with Crippen LogP contribution in [-0.4, -0.2) is 33.9 Å². The Labute approximate surface area is 223 Å². The number of halogens is 3. The summed E-state index contributed by atoms with van der Waals surface area (Å²) >= 11 is 6.13. The van der Waals surface area contributed by atoms with Gasteiger partial charge in [0.25, 0.3) is 0 Å². The summed E-state index contributed by atoms with van der Waals surface area (Å²) in [4.78, 5) is 13.6. The molecule has 0 saturated carbocycles. The number of aromatic nitrogens is 2. The molecule has 1 saturated heterocycles. The van der Waals surface area contributed by atoms with Crippen molar-refractivity contribution >= 4 is 11.6 Å². The molecular formula is C29H25ClF2N4O2. The van der Waals surface area contributed by atoms with Gasteiger partial charge >= 0.3 is 5.76 Å². The number of rotatable bonds is 7. The molecule has 2 heterocycles. The first-order chi connectivity index (χ1) is 18.1. The van der Waals surface area contributed by atoms with E-state index in [4.69, 9.17) is 16.0 Å². The molecule has 0 amide bonds. The minimum atomic E-state index is -1.66. The maximum absolute atomic E-state index is 15.7. The quantitative estimate of drug-likeness (QED) is 0.303. The van der Waals surface area contributed by atoms with Crippen molar-refractivity contribution < 1.29 is 13.2 Å². The summed E-state index contributed by atoms with van der Waals surface area (Å²) in [5.41, 5.74) is 1.57. The highest BCUT2D eigenvalue weighted by Crippen LogP contribution is 2.46. The van der Waals surface area contributed by atoms with Crippen LogP contribution in [0, 0.1) is 23.1 Å². The molecule has 2 atom stereocenters. The Morgan fingerprint density at radius 2 is 1.84 bits per heavy atom. The second-order valence-electron chi connectivity index (χ2n) is 10.1. The first kappa shape index (κ1) is 25.8. The molecule has 194 valence electrons. The van der Waals surface area contributed by atoms with Gasteiger partial charge in [-0.3, -0.25) is 4.90 Å². The number of benzene rings is 3. The Hall–Kier alpha value is -3.80. The highest BCUT2D eigenvalue weighted by atomic mass is 35.5. The van der Waals surface area contributed by atoms with Crippen LogP contribution in [0.2, 0.25) is 5.02 Å². The van der Waals surface area contributed by atoms with Gasteiger partial charge in [-0.15, -0.1) is 5.10 Å². The summed E-state index contributed by atoms with van der Waals surface area (Å²) < 4.78 is 35.4. The van der Waals surface area contributed by atoms with Crippen molar-refractivity contribution in [1.29, 1.82) is 5.26 Å². The molecule has 0 bridgehead atoms. The van der Waals surface area contributed by atoms with Gasteiger partial charge in [0.1, 0.15) is 11.5 Å². The van der Waals surface area contributed by atoms with E-state index in [0.717, 1.165) is 11.1 Å². The Balaban J connectivity index is 1.47. The van der Waals surface area contributed by atoms with Gasteiger partial charge in [-0.1, -0.05) is 35.9 Å². The maximum atomic E-state index is 15.7. The van der Waals surface area contributed by atoms with E-state index >= 15 is 4.39 Å². The van der Waals surface area contributed by atoms with Crippen LogP contribution in [0.25, 0.3) is 11.5 Å². The maximum Gasteiger partial charge on any atom is 0.434 e. The van der Waals surface area contributed by atoms with Crippen molar-refractivity contribution in [3.8, 4) is 17.5 Å². The highest BCUT2D eigenvalue weighted by Gasteiger charge is 2.45. The average Bonchev–Trinajstić information content (AvgIpc) is 3.29. The van der Waals surface area contributed by atoms with Crippen LogP contribution in [0.1, 0.15) is 48.1 Å². The normalized spacial score (nSPS) is 16.0. The summed E-state index contributed by atoms with van der Waals surface area (Å²) in [6.07, 6.45) is 0. The summed E-state index contributed by atoms with van der Waals surface area (Å²) in [7, 11) is 0. The first-order valence-electron chi connectivity index (χ1n) is 12.2. The predicted molar refractivity (Wildman–Crippen MR) is 140 cm³/mol. The molecule has 1 N–H and O–H groups in total. The molecule has 1 aliphatic heterocycles. The van der Waals surface area contributed by atoms with Crippen LogP contribution in [-0.2, 0) is 0 Å². The van der Waals surface area contributed by atoms with E-state index < -0.39 is 23.2 Å². The molecule has 38 heavy (non-hydrogen) atoms. The third-order valence-electron chi connectivity index (χ3n) is 7.00. The Morgan fingerprint density at radius 3 is 2.47 bits per heavy atom. The van der Waals surface area contributed by atoms with Gasteiger partial charge in [-0.05, 0) is 78.9 Å². The Kier molecular flexibility index (Phi) is 6.91. The molecule has 5 rings (SSSR count). The molecule has 1 fully saturated rings. The molecule has 0 spiro atoms. The topological polar surface area (TPSA) is 85.9 Å². The summed E-state index contributed by atoms with van der Waals surface area (Å²) in [6.45, 7) is 4.08. The monoisotopic (exact) mass is 534 g/mol. The minimum absolute atomic E-state index is 0.0541. The molecule has 9 heteroatoms. The highest BCUT2D eigenvalue weighted by molar-refractivity contribution is 6.30. The standard InChI is InChI=1S/C29H25ClF2N4O2/c1-29(2,32)25(20-11-21(13-24(31)12-20)27-34-35-28(37)38-27)22-15-36(16-22)26(18-6-8-23(30)9-7-18)19-5-3-4-17(10-19)14-33/h3-13,22,25-26H,15-16H2,1-2H3,(H,35,37)/t25-,26+/m1/s1. The van der Waals surface area contributed by atoms with E-state index in [1.807, 2.05) is 42.5 Å². The van der Waals surface area contributed by atoms with Crippen LogP contribution in [0.15, 0.2) is 75.9 Å². The number of nitriles is 1. The van der Waals surface area contributed by atoms with E-state index in [2.05, 4.69) is 21.2 Å². The van der Waals surface area contributed by atoms with Gasteiger partial charge < -0.3 is 4.42 Å². The van der Waals surface area contributed by atoms with E-state index in [1.165, 1.54) is 26.0 Å². The number of hydrogen-bond acceptors (Lipinski definition) is 5. The van der Waals surface area contributed by atoms with Crippen LogP contribution >= 0.6 is 11.6 Å². The van der Waals surface area contributed by atoms with E-state index in [0.29, 0.717) is 29.2 Å². The van der Waals surface area contributed by atoms with E-state index in [-0.39, 0.29) is 23.4 Å². The smallest absolute Gasteiger partial charge is 0.388 e. The number of likely N-dealkylation sites (tertiary alicyclic amines) is 1. The molecule has 0 unspecified atom stereocenters. The molecule has 0 radical (unpaired) electrons. The van der Waals surface area contributed by atoms with Crippen LogP contribution in [0.5, 0.6) is 0 Å². The number of nitrogens with one attached hydrogen (secondary N) is 1. The average molecular weight is 535 g/mol. The first-order valence-corrected chi connectivity index (χ1v) is 12.5. The van der Waals surface area contributed by atoms with Crippen molar-refractivity contribution in [3.05, 3.63) is 110 Å². The lowest BCUT2D eigenvalue weighted by Gasteiger charge is -2.50. The van der Waals surface area contributed by atoms with Gasteiger partial charge in [0.15, 0.2) is 0 Å². The lowest BCUT2D eigenvalue weighted by Crippen LogP contribution is -2.53. The number of aromatic amines is 1. The number of alkyl halides is 1. The Morgan fingerprint density at radius 1 is 1.11 bits per heavy atom. The summed E-state index contributed by atoms with van der Waals surface area (Å²) in [6, 6.07) is 21.2. The van der Waals surface area contributed by atoms with Crippen molar-refractivity contribution in [1.82, 2.24) is 15.1 Å². The number of hydrogen-bond donors (Lipinski definition) is 1. The zero-order chi connectivity index (χ0) is 27.0. The van der Waals surface area contributed by atoms with Crippen LogP contribution < -0.4 is 5.76 Å². The number of H-pyrrole nitrogens is 1. The molecule has 1 aliphatic rings. The fourth-order valence-electron chi connectivity index (χ4n) is 5.51. The largest absolute Gasteiger partial charge is 0.434 e. The van der Waals surface area contributed by atoms with Gasteiger partial charge in [0.05, 0.1) is 17.7 Å². The number of nitrogens with zero attached hydrogens (tertiary/aromatic N) is 3. The van der Waals surface area contributed by atoms with Crippen LogP contribution in [0.4, 0.5) is 8.78 Å². The van der Waals surface area contributed by atoms with Crippen molar-refractivity contribution in [3.63, 3.8) is 0 Å². The SMILES string of the molecule is CC(C)(F)[C@H](c1cc(F)cc(-c2n[nH]c(=O)o2)c1)C1CN([C@@H](c2ccc(Cl)cc2)c2cccc(C#N)c2)C1. The summed E-state index contributed by atoms with van der Waals surface area (Å²) in [5.74, 6) is -2.13. The summed E-state index contributed by atoms with van der Waals surface area (Å²) in [5, 5.41) is 16.0. The van der Waals surface area contributed by atoms with Gasteiger partial charge in [0.2, 0.25) is 5.89 Å². The Bertz CT molecular complexity index is 1550. The third-order valence-corrected chi connectivity index (χ3v) is 7.25. The molecule has 4 aromatic rings. The zero-order valence-corrected chi connectivity index (χ0v) is 21.5. The second-order valence-corrected chi connectivity index (χ2v) is 10.6. The molecule has 6 nitrogen and oxygen atoms in total. The molecule has 1 aromatic heterocycles. The van der Waals surface area contributed by atoms with Crippen molar-refractivity contribution in [2.75, 3.05) is 13.1 Å². The van der Waals surface area contributed by atoms with Gasteiger partial charge in [-0.25, -0.2) is 18.7 Å². The lowest BCUT2D eigenvalue weighted by molar-refractivity contribution is 0.00814. The molecule has 0 aliphatic carbocycles. The molecular weight excluding hydrogens is 510 g/mol. The van der Waals surface area contributed by atoms with Crippen molar-refractivity contribution in [2.24, 2.45) is 5.92 Å². The van der Waals surface area contributed by atoms with E-state index in [9.17, 15) is 14.4 Å². The third kappa shape index (κ3) is 5.26. The van der Waals surface area contributed by atoms with Gasteiger partial charge in [-0.2, -0.15) is 5.26 Å². The minimum Gasteiger partial charge on any atom is -0.388 e. The van der Waals surface area contributed by atoms with E-state index in [1.54, 1.807) is 12.1 Å². The zero-order valence-electron chi connectivity index (χ0n) is 20.8. The molecule has 3 aromatic carbocycles. The second kappa shape index (κ2) is 10.2. The lowest BCUT2D eigenvalue weighted by atomic mass is 9.72. The predicted octanol–water partition coefficient (Wildman–Crippen LogP) is 6.25. The van der Waals surface area contributed by atoms with Gasteiger partial charge in [0, 0.05) is 29.6 Å². The van der Waals surface area contributed by atoms with Crippen molar-refractivity contribution in [2.45, 2.75) is 31.5 Å². The fourth-order valence-corrected chi connectivity index (χ4v) is 5.63. The van der Waals surface area contributed by atoms with Crippen LogP contribution in [0.3, 0.4) is 0 Å². The fraction of sp³-hybridized carbons (Fsp3) is 0.276.